The molecule has 0 unspecified atom stereocenters. The van der Waals surface area contributed by atoms with E-state index < -0.39 is 0 Å². The number of hydrazone groups is 1. The summed E-state index contributed by atoms with van der Waals surface area (Å²) in [5, 5.41) is 17.9. The van der Waals surface area contributed by atoms with Crippen molar-refractivity contribution in [2.24, 2.45) is 5.10 Å². The molecule has 3 aromatic rings. The molecule has 1 fully saturated rings. The Bertz CT molecular complexity index is 1060. The SMILES string of the molecule is Oc1ccccc1/C=N/Nc1nc(NCc2cccc(Cl)c2)nc(N2CCOCC2)n1. The van der Waals surface area contributed by atoms with Gasteiger partial charge in [0.25, 0.3) is 0 Å². The lowest BCUT2D eigenvalue weighted by molar-refractivity contribution is 0.122. The van der Waals surface area contributed by atoms with Crippen molar-refractivity contribution in [2.75, 3.05) is 41.9 Å². The van der Waals surface area contributed by atoms with Gasteiger partial charge >= 0.3 is 0 Å². The van der Waals surface area contributed by atoms with E-state index in [0.29, 0.717) is 55.3 Å². The molecule has 0 radical (unpaired) electrons. The van der Waals surface area contributed by atoms with Gasteiger partial charge in [-0.3, -0.25) is 0 Å². The van der Waals surface area contributed by atoms with Crippen LogP contribution in [0.15, 0.2) is 53.6 Å². The Balaban J connectivity index is 1.53. The molecule has 4 rings (SSSR count). The quantitative estimate of drug-likeness (QED) is 0.380. The van der Waals surface area contributed by atoms with Crippen LogP contribution in [0.1, 0.15) is 11.1 Å². The summed E-state index contributed by atoms with van der Waals surface area (Å²) in [6.07, 6.45) is 1.51. The van der Waals surface area contributed by atoms with Crippen LogP contribution in [0.4, 0.5) is 17.8 Å². The van der Waals surface area contributed by atoms with Crippen LogP contribution in [0.2, 0.25) is 5.02 Å². The summed E-state index contributed by atoms with van der Waals surface area (Å²) in [4.78, 5) is 15.5. The Morgan fingerprint density at radius 3 is 2.68 bits per heavy atom. The summed E-state index contributed by atoms with van der Waals surface area (Å²) >= 11 is 6.07. The number of aromatic hydroxyl groups is 1. The minimum atomic E-state index is 0.140. The molecule has 3 N–H and O–H groups in total. The van der Waals surface area contributed by atoms with Crippen molar-refractivity contribution in [1.82, 2.24) is 15.0 Å². The van der Waals surface area contributed by atoms with E-state index in [1.165, 1.54) is 6.21 Å². The number of nitrogens with one attached hydrogen (secondary N) is 2. The van der Waals surface area contributed by atoms with E-state index in [1.807, 2.05) is 35.2 Å². The first-order valence-electron chi connectivity index (χ1n) is 9.81. The second kappa shape index (κ2) is 10.1. The lowest BCUT2D eigenvalue weighted by atomic mass is 10.2. The van der Waals surface area contributed by atoms with Crippen molar-refractivity contribution >= 4 is 35.7 Å². The van der Waals surface area contributed by atoms with Gasteiger partial charge in [0.2, 0.25) is 17.8 Å². The first-order chi connectivity index (χ1) is 15.2. The number of phenolic OH excluding ortho intramolecular Hbond substituents is 1. The highest BCUT2D eigenvalue weighted by atomic mass is 35.5. The number of nitrogens with zero attached hydrogens (tertiary/aromatic N) is 5. The van der Waals surface area contributed by atoms with Gasteiger partial charge in [0.1, 0.15) is 5.75 Å². The number of benzene rings is 2. The summed E-state index contributed by atoms with van der Waals surface area (Å²) in [7, 11) is 0. The molecule has 0 atom stereocenters. The summed E-state index contributed by atoms with van der Waals surface area (Å²) in [6, 6.07) is 14.5. The van der Waals surface area contributed by atoms with E-state index in [4.69, 9.17) is 16.3 Å². The molecule has 2 heterocycles. The highest BCUT2D eigenvalue weighted by molar-refractivity contribution is 6.30. The number of hydrogen-bond donors (Lipinski definition) is 3. The third kappa shape index (κ3) is 5.80. The van der Waals surface area contributed by atoms with Gasteiger partial charge in [-0.1, -0.05) is 35.9 Å². The number of ether oxygens (including phenoxy) is 1. The van der Waals surface area contributed by atoms with Crippen molar-refractivity contribution in [2.45, 2.75) is 6.54 Å². The Kier molecular flexibility index (Phi) is 6.75. The molecule has 1 aliphatic rings. The van der Waals surface area contributed by atoms with Gasteiger partial charge in [0.15, 0.2) is 0 Å². The number of morpholine rings is 1. The maximum Gasteiger partial charge on any atom is 0.250 e. The summed E-state index contributed by atoms with van der Waals surface area (Å²) in [5.74, 6) is 1.38. The highest BCUT2D eigenvalue weighted by Gasteiger charge is 2.16. The topological polar surface area (TPSA) is 108 Å². The number of rotatable bonds is 7. The summed E-state index contributed by atoms with van der Waals surface area (Å²) in [6.45, 7) is 3.13. The summed E-state index contributed by atoms with van der Waals surface area (Å²) < 4.78 is 5.42. The first kappa shape index (κ1) is 20.8. The standard InChI is InChI=1S/C21H22ClN7O2/c22-17-6-3-4-15(12-17)13-23-19-25-20(27-21(26-19)29-8-10-31-11-9-29)28-24-14-16-5-1-2-7-18(16)30/h1-7,12,14,30H,8-11,13H2,(H2,23,25,26,27,28)/b24-14+. The van der Waals surface area contributed by atoms with Gasteiger partial charge in [-0.2, -0.15) is 20.1 Å². The molecule has 0 bridgehead atoms. The largest absolute Gasteiger partial charge is 0.507 e. The number of aromatic nitrogens is 3. The predicted molar refractivity (Wildman–Crippen MR) is 121 cm³/mol. The second-order valence-electron chi connectivity index (χ2n) is 6.79. The number of anilines is 3. The predicted octanol–water partition coefficient (Wildman–Crippen LogP) is 3.13. The first-order valence-corrected chi connectivity index (χ1v) is 10.2. The number of halogens is 1. The van der Waals surface area contributed by atoms with Gasteiger partial charge in [0.05, 0.1) is 19.4 Å². The second-order valence-corrected chi connectivity index (χ2v) is 7.23. The van der Waals surface area contributed by atoms with Crippen LogP contribution >= 0.6 is 11.6 Å². The Hall–Kier alpha value is -3.43. The fourth-order valence-electron chi connectivity index (χ4n) is 2.98. The molecular formula is C21H22ClN7O2. The van der Waals surface area contributed by atoms with E-state index in [0.717, 1.165) is 5.56 Å². The average molecular weight is 440 g/mol. The van der Waals surface area contributed by atoms with E-state index in [9.17, 15) is 5.11 Å². The molecule has 0 saturated carbocycles. The van der Waals surface area contributed by atoms with Gasteiger partial charge < -0.3 is 20.1 Å². The lowest BCUT2D eigenvalue weighted by Gasteiger charge is -2.27. The highest BCUT2D eigenvalue weighted by Crippen LogP contribution is 2.17. The molecule has 160 valence electrons. The monoisotopic (exact) mass is 439 g/mol. The minimum absolute atomic E-state index is 0.140. The van der Waals surface area contributed by atoms with Gasteiger partial charge in [-0.05, 0) is 29.8 Å². The maximum atomic E-state index is 9.87. The van der Waals surface area contributed by atoms with E-state index in [1.54, 1.807) is 18.2 Å². The van der Waals surface area contributed by atoms with Crippen LogP contribution in [-0.2, 0) is 11.3 Å². The fraction of sp³-hybridized carbons (Fsp3) is 0.238. The van der Waals surface area contributed by atoms with E-state index >= 15 is 0 Å². The van der Waals surface area contributed by atoms with Crippen LogP contribution in [0, 0.1) is 0 Å². The number of phenols is 1. The van der Waals surface area contributed by atoms with Crippen LogP contribution in [0.25, 0.3) is 0 Å². The van der Waals surface area contributed by atoms with Gasteiger partial charge in [0, 0.05) is 30.2 Å². The number of para-hydroxylation sites is 1. The zero-order valence-corrected chi connectivity index (χ0v) is 17.5. The van der Waals surface area contributed by atoms with Gasteiger partial charge in [-0.15, -0.1) is 0 Å². The van der Waals surface area contributed by atoms with Crippen LogP contribution in [0.5, 0.6) is 5.75 Å². The fourth-order valence-corrected chi connectivity index (χ4v) is 3.20. The molecule has 1 saturated heterocycles. The maximum absolute atomic E-state index is 9.87. The van der Waals surface area contributed by atoms with Crippen LogP contribution < -0.4 is 15.6 Å². The van der Waals surface area contributed by atoms with E-state index in [2.05, 4.69) is 30.8 Å². The van der Waals surface area contributed by atoms with Crippen molar-refractivity contribution in [3.05, 3.63) is 64.7 Å². The molecule has 10 heteroatoms. The van der Waals surface area contributed by atoms with Crippen molar-refractivity contribution in [3.63, 3.8) is 0 Å². The van der Waals surface area contributed by atoms with Crippen LogP contribution in [0.3, 0.4) is 0 Å². The molecule has 31 heavy (non-hydrogen) atoms. The number of hydrogen-bond acceptors (Lipinski definition) is 9. The minimum Gasteiger partial charge on any atom is -0.507 e. The van der Waals surface area contributed by atoms with Crippen molar-refractivity contribution in [1.29, 1.82) is 0 Å². The smallest absolute Gasteiger partial charge is 0.250 e. The molecule has 0 aliphatic carbocycles. The van der Waals surface area contributed by atoms with Gasteiger partial charge in [-0.25, -0.2) is 5.43 Å². The lowest BCUT2D eigenvalue weighted by Crippen LogP contribution is -2.37. The third-order valence-electron chi connectivity index (χ3n) is 4.56. The van der Waals surface area contributed by atoms with Crippen LogP contribution in [-0.4, -0.2) is 52.6 Å². The van der Waals surface area contributed by atoms with Crippen molar-refractivity contribution < 1.29 is 9.84 Å². The molecule has 1 aromatic heterocycles. The Morgan fingerprint density at radius 2 is 1.87 bits per heavy atom. The Labute approximate surface area is 184 Å². The Morgan fingerprint density at radius 1 is 1.06 bits per heavy atom. The summed E-state index contributed by atoms with van der Waals surface area (Å²) in [5.41, 5.74) is 4.41. The van der Waals surface area contributed by atoms with Crippen molar-refractivity contribution in [3.8, 4) is 5.75 Å². The molecule has 1 aliphatic heterocycles. The molecule has 9 nitrogen and oxygen atoms in total. The van der Waals surface area contributed by atoms with E-state index in [-0.39, 0.29) is 11.7 Å². The molecule has 0 amide bonds. The zero-order chi connectivity index (χ0) is 21.5. The zero-order valence-electron chi connectivity index (χ0n) is 16.7. The normalized spacial score (nSPS) is 14.0. The molecule has 2 aromatic carbocycles. The average Bonchev–Trinajstić information content (AvgIpc) is 2.80. The molecule has 0 spiro atoms. The third-order valence-corrected chi connectivity index (χ3v) is 4.80. The molecular weight excluding hydrogens is 418 g/mol.